The van der Waals surface area contributed by atoms with E-state index >= 15 is 0 Å². The van der Waals surface area contributed by atoms with Gasteiger partial charge in [-0.05, 0) is 19.3 Å². The number of nitrogens with zero attached hydrogens (tertiary/aromatic N) is 1. The normalized spacial score (nSPS) is 40.4. The van der Waals surface area contributed by atoms with Crippen LogP contribution in [0.5, 0.6) is 0 Å². The average Bonchev–Trinajstić information content (AvgIpc) is 2.90. The van der Waals surface area contributed by atoms with Crippen molar-refractivity contribution in [2.75, 3.05) is 19.8 Å². The van der Waals surface area contributed by atoms with Crippen LogP contribution >= 0.6 is 0 Å². The molecule has 12 heavy (non-hydrogen) atoms. The van der Waals surface area contributed by atoms with Crippen molar-refractivity contribution in [3.8, 4) is 6.07 Å². The lowest BCUT2D eigenvalue weighted by Crippen LogP contribution is -2.31. The van der Waals surface area contributed by atoms with E-state index in [9.17, 15) is 0 Å². The Kier molecular flexibility index (Phi) is 2.03. The summed E-state index contributed by atoms with van der Waals surface area (Å²) in [5, 5.41) is 9.03. The number of hydrogen-bond donors (Lipinski definition) is 0. The van der Waals surface area contributed by atoms with Gasteiger partial charge in [-0.2, -0.15) is 5.26 Å². The second-order valence-corrected chi connectivity index (χ2v) is 3.71. The zero-order chi connectivity index (χ0) is 8.44. The van der Waals surface area contributed by atoms with Crippen molar-refractivity contribution in [3.63, 3.8) is 0 Å². The van der Waals surface area contributed by atoms with Crippen molar-refractivity contribution >= 4 is 0 Å². The molecule has 0 radical (unpaired) electrons. The average molecular weight is 167 g/mol. The van der Waals surface area contributed by atoms with Crippen LogP contribution in [0, 0.1) is 16.7 Å². The predicted molar refractivity (Wildman–Crippen MR) is 42.5 cm³/mol. The molecule has 2 fully saturated rings. The topological polar surface area (TPSA) is 45.5 Å². The van der Waals surface area contributed by atoms with Crippen LogP contribution in [-0.2, 0) is 9.47 Å². The van der Waals surface area contributed by atoms with Gasteiger partial charge in [0, 0.05) is 6.61 Å². The molecule has 0 aromatic carbocycles. The highest BCUT2D eigenvalue weighted by molar-refractivity contribution is 5.03. The number of hydrogen-bond acceptors (Lipinski definition) is 3. The van der Waals surface area contributed by atoms with Crippen molar-refractivity contribution in [2.45, 2.75) is 25.4 Å². The van der Waals surface area contributed by atoms with Gasteiger partial charge in [-0.1, -0.05) is 0 Å². The molecular formula is C9H13NO2. The van der Waals surface area contributed by atoms with Crippen LogP contribution in [0.25, 0.3) is 0 Å². The molecule has 3 heteroatoms. The van der Waals surface area contributed by atoms with Crippen molar-refractivity contribution in [3.05, 3.63) is 0 Å². The van der Waals surface area contributed by atoms with Gasteiger partial charge in [0.25, 0.3) is 0 Å². The van der Waals surface area contributed by atoms with Crippen LogP contribution < -0.4 is 0 Å². The Bertz CT molecular complexity index is 199. The number of epoxide rings is 1. The SMILES string of the molecule is N#C[C@]1(C[C@@H]2CO2)CCCOC1. The monoisotopic (exact) mass is 167 g/mol. The Hall–Kier alpha value is -0.590. The number of nitriles is 1. The van der Waals surface area contributed by atoms with Gasteiger partial charge in [-0.15, -0.1) is 0 Å². The summed E-state index contributed by atoms with van der Waals surface area (Å²) in [6.07, 6.45) is 3.19. The summed E-state index contributed by atoms with van der Waals surface area (Å²) in [5.41, 5.74) is -0.237. The van der Waals surface area contributed by atoms with Gasteiger partial charge in [0.15, 0.2) is 0 Å². The molecule has 0 saturated carbocycles. The molecule has 0 N–H and O–H groups in total. The van der Waals surface area contributed by atoms with E-state index < -0.39 is 0 Å². The molecule has 2 atom stereocenters. The minimum absolute atomic E-state index is 0.237. The Labute approximate surface area is 72.3 Å². The molecule has 3 nitrogen and oxygen atoms in total. The fourth-order valence-corrected chi connectivity index (χ4v) is 1.77. The lowest BCUT2D eigenvalue weighted by atomic mass is 9.80. The molecule has 2 aliphatic heterocycles. The molecule has 0 spiro atoms. The molecule has 0 unspecified atom stereocenters. The highest BCUT2D eigenvalue weighted by Gasteiger charge is 2.39. The second kappa shape index (κ2) is 3.04. The summed E-state index contributed by atoms with van der Waals surface area (Å²) < 4.78 is 10.5. The third kappa shape index (κ3) is 1.60. The first kappa shape index (κ1) is 8.03. The Morgan fingerprint density at radius 2 is 2.42 bits per heavy atom. The lowest BCUT2D eigenvalue weighted by molar-refractivity contribution is 0.0147. The molecule has 0 aromatic heterocycles. The Morgan fingerprint density at radius 3 is 2.92 bits per heavy atom. The van der Waals surface area contributed by atoms with Crippen molar-refractivity contribution in [2.24, 2.45) is 5.41 Å². The summed E-state index contributed by atoms with van der Waals surface area (Å²) in [5.74, 6) is 0. The van der Waals surface area contributed by atoms with Gasteiger partial charge in [0.1, 0.15) is 0 Å². The van der Waals surface area contributed by atoms with Crippen LogP contribution in [0.4, 0.5) is 0 Å². The third-order valence-corrected chi connectivity index (χ3v) is 2.58. The van der Waals surface area contributed by atoms with Gasteiger partial charge in [-0.25, -0.2) is 0 Å². The molecule has 2 saturated heterocycles. The smallest absolute Gasteiger partial charge is 0.0833 e. The summed E-state index contributed by atoms with van der Waals surface area (Å²) in [6.45, 7) is 2.25. The minimum atomic E-state index is -0.237. The summed E-state index contributed by atoms with van der Waals surface area (Å²) in [4.78, 5) is 0. The van der Waals surface area contributed by atoms with E-state index in [4.69, 9.17) is 14.7 Å². The van der Waals surface area contributed by atoms with Crippen LogP contribution in [0.3, 0.4) is 0 Å². The van der Waals surface area contributed by atoms with Crippen LogP contribution in [0.2, 0.25) is 0 Å². The van der Waals surface area contributed by atoms with Crippen LogP contribution in [0.15, 0.2) is 0 Å². The molecule has 66 valence electrons. The lowest BCUT2D eigenvalue weighted by Gasteiger charge is -2.29. The van der Waals surface area contributed by atoms with E-state index in [1.54, 1.807) is 0 Å². The van der Waals surface area contributed by atoms with Gasteiger partial charge in [-0.3, -0.25) is 0 Å². The van der Waals surface area contributed by atoms with E-state index in [0.717, 1.165) is 32.5 Å². The van der Waals surface area contributed by atoms with Gasteiger partial charge in [0.2, 0.25) is 0 Å². The third-order valence-electron chi connectivity index (χ3n) is 2.58. The quantitative estimate of drug-likeness (QED) is 0.578. The zero-order valence-corrected chi connectivity index (χ0v) is 7.08. The molecule has 0 amide bonds. The van der Waals surface area contributed by atoms with Gasteiger partial charge in [0.05, 0.1) is 30.8 Å². The fraction of sp³-hybridized carbons (Fsp3) is 0.889. The molecule has 0 aromatic rings. The second-order valence-electron chi connectivity index (χ2n) is 3.71. The van der Waals surface area contributed by atoms with Crippen molar-refractivity contribution in [1.82, 2.24) is 0 Å². The van der Waals surface area contributed by atoms with Gasteiger partial charge < -0.3 is 9.47 Å². The highest BCUT2D eigenvalue weighted by Crippen LogP contribution is 2.36. The predicted octanol–water partition coefficient (Wildman–Crippen LogP) is 1.10. The van der Waals surface area contributed by atoms with E-state index in [0.29, 0.717) is 12.7 Å². The first-order valence-corrected chi connectivity index (χ1v) is 4.45. The standard InChI is InChI=1S/C9H13NO2/c10-6-9(4-8-5-12-8)2-1-3-11-7-9/h8H,1-5,7H2/t8-,9-/m1/s1. The van der Waals surface area contributed by atoms with Crippen LogP contribution in [0.1, 0.15) is 19.3 Å². The molecule has 2 heterocycles. The summed E-state index contributed by atoms with van der Waals surface area (Å²) in [7, 11) is 0. The zero-order valence-electron chi connectivity index (χ0n) is 7.08. The first-order valence-electron chi connectivity index (χ1n) is 4.45. The van der Waals surface area contributed by atoms with E-state index in [1.165, 1.54) is 0 Å². The van der Waals surface area contributed by atoms with E-state index in [2.05, 4.69) is 6.07 Å². The minimum Gasteiger partial charge on any atom is -0.380 e. The molecule has 0 bridgehead atoms. The van der Waals surface area contributed by atoms with Crippen molar-refractivity contribution < 1.29 is 9.47 Å². The largest absolute Gasteiger partial charge is 0.380 e. The Morgan fingerprint density at radius 1 is 1.58 bits per heavy atom. The van der Waals surface area contributed by atoms with Crippen LogP contribution in [-0.4, -0.2) is 25.9 Å². The number of rotatable bonds is 2. The summed E-state index contributed by atoms with van der Waals surface area (Å²) in [6, 6.07) is 2.38. The molecule has 2 rings (SSSR count). The van der Waals surface area contributed by atoms with E-state index in [-0.39, 0.29) is 5.41 Å². The maximum absolute atomic E-state index is 9.03. The summed E-state index contributed by atoms with van der Waals surface area (Å²) >= 11 is 0. The van der Waals surface area contributed by atoms with E-state index in [1.807, 2.05) is 0 Å². The maximum Gasteiger partial charge on any atom is 0.0833 e. The molecular weight excluding hydrogens is 154 g/mol. The Balaban J connectivity index is 1.96. The number of ether oxygens (including phenoxy) is 2. The molecule has 0 aliphatic carbocycles. The first-order chi connectivity index (χ1) is 5.85. The van der Waals surface area contributed by atoms with Crippen molar-refractivity contribution in [1.29, 1.82) is 5.26 Å². The maximum atomic E-state index is 9.03. The fourth-order valence-electron chi connectivity index (χ4n) is 1.77. The highest BCUT2D eigenvalue weighted by atomic mass is 16.6. The molecule has 2 aliphatic rings. The van der Waals surface area contributed by atoms with Gasteiger partial charge >= 0.3 is 0 Å².